The third kappa shape index (κ3) is 3.57. The van der Waals surface area contributed by atoms with Gasteiger partial charge in [0.15, 0.2) is 9.84 Å². The lowest BCUT2D eigenvalue weighted by molar-refractivity contribution is 0.113. The molecule has 0 aromatic heterocycles. The van der Waals surface area contributed by atoms with Crippen molar-refractivity contribution in [3.8, 4) is 0 Å². The molecule has 0 unspecified atom stereocenters. The van der Waals surface area contributed by atoms with Gasteiger partial charge in [0, 0.05) is 5.54 Å². The minimum atomic E-state index is -3.21. The van der Waals surface area contributed by atoms with Crippen LogP contribution in [0.1, 0.15) is 33.1 Å². The Hall–Kier alpha value is -0.870. The molecule has 0 radical (unpaired) electrons. The van der Waals surface area contributed by atoms with E-state index in [2.05, 4.69) is 4.90 Å². The van der Waals surface area contributed by atoms with Crippen molar-refractivity contribution in [1.29, 1.82) is 0 Å². The van der Waals surface area contributed by atoms with Crippen LogP contribution in [0, 0.1) is 0 Å². The van der Waals surface area contributed by atoms with Crippen molar-refractivity contribution in [2.45, 2.75) is 43.5 Å². The van der Waals surface area contributed by atoms with Crippen LogP contribution < -0.4 is 0 Å². The summed E-state index contributed by atoms with van der Waals surface area (Å²) in [7, 11) is -3.21. The van der Waals surface area contributed by atoms with Crippen LogP contribution in [0.25, 0.3) is 0 Å². The van der Waals surface area contributed by atoms with Gasteiger partial charge in [-0.1, -0.05) is 24.6 Å². The molecule has 0 atom stereocenters. The molecule has 3 nitrogen and oxygen atoms in total. The number of hydrogen-bond acceptors (Lipinski definition) is 3. The van der Waals surface area contributed by atoms with E-state index in [1.807, 2.05) is 19.9 Å². The van der Waals surface area contributed by atoms with Crippen LogP contribution in [-0.4, -0.2) is 37.7 Å². The lowest BCUT2D eigenvalue weighted by Crippen LogP contribution is -2.50. The number of benzene rings is 1. The van der Waals surface area contributed by atoms with Crippen molar-refractivity contribution in [2.75, 3.05) is 18.8 Å². The van der Waals surface area contributed by atoms with Crippen LogP contribution in [0.5, 0.6) is 0 Å². The van der Waals surface area contributed by atoms with Gasteiger partial charge in [0.25, 0.3) is 0 Å². The lowest BCUT2D eigenvalue weighted by atomic mass is 10.0. The van der Waals surface area contributed by atoms with Gasteiger partial charge in [-0.25, -0.2) is 8.42 Å². The number of hydrogen-bond donors (Lipinski definition) is 0. The first-order valence-electron chi connectivity index (χ1n) is 6.95. The maximum absolute atomic E-state index is 12.5. The van der Waals surface area contributed by atoms with Gasteiger partial charge in [0.05, 0.1) is 10.6 Å². The average Bonchev–Trinajstić information content (AvgIpc) is 2.40. The minimum Gasteiger partial charge on any atom is -0.297 e. The first-order chi connectivity index (χ1) is 8.92. The summed E-state index contributed by atoms with van der Waals surface area (Å²) in [6, 6.07) is 8.76. The maximum Gasteiger partial charge on any atom is 0.180 e. The quantitative estimate of drug-likeness (QED) is 0.851. The molecule has 1 aliphatic rings. The molecule has 106 valence electrons. The summed E-state index contributed by atoms with van der Waals surface area (Å²) in [6.07, 6.45) is 3.61. The summed E-state index contributed by atoms with van der Waals surface area (Å²) in [4.78, 5) is 2.75. The summed E-state index contributed by atoms with van der Waals surface area (Å²) < 4.78 is 24.9. The molecule has 19 heavy (non-hydrogen) atoms. The molecule has 1 aromatic carbocycles. The van der Waals surface area contributed by atoms with Gasteiger partial charge in [-0.15, -0.1) is 0 Å². The van der Waals surface area contributed by atoms with Gasteiger partial charge >= 0.3 is 0 Å². The van der Waals surface area contributed by atoms with E-state index >= 15 is 0 Å². The molecule has 1 aromatic rings. The van der Waals surface area contributed by atoms with E-state index in [0.29, 0.717) is 4.90 Å². The molecule has 0 amide bonds. The van der Waals surface area contributed by atoms with Gasteiger partial charge in [-0.05, 0) is 51.9 Å². The molecule has 0 N–H and O–H groups in total. The fourth-order valence-corrected chi connectivity index (χ4v) is 4.62. The van der Waals surface area contributed by atoms with E-state index in [0.717, 1.165) is 13.1 Å². The minimum absolute atomic E-state index is 0.185. The van der Waals surface area contributed by atoms with E-state index < -0.39 is 9.84 Å². The Labute approximate surface area is 116 Å². The summed E-state index contributed by atoms with van der Waals surface area (Å²) in [5, 5.41) is 0. The fourth-order valence-electron chi connectivity index (χ4n) is 2.77. The van der Waals surface area contributed by atoms with Crippen molar-refractivity contribution >= 4 is 9.84 Å². The predicted molar refractivity (Wildman–Crippen MR) is 78.0 cm³/mol. The Bertz CT molecular complexity index is 502. The highest BCUT2D eigenvalue weighted by Crippen LogP contribution is 2.24. The molecule has 4 heteroatoms. The highest BCUT2D eigenvalue weighted by Gasteiger charge is 2.33. The van der Waals surface area contributed by atoms with Gasteiger partial charge in [0.2, 0.25) is 0 Å². The topological polar surface area (TPSA) is 37.4 Å². The molecule has 1 heterocycles. The SMILES string of the molecule is CC(C)(CS(=O)(=O)c1ccccc1)N1CCCCC1. The van der Waals surface area contributed by atoms with Crippen molar-refractivity contribution in [3.05, 3.63) is 30.3 Å². The number of piperidine rings is 1. The smallest absolute Gasteiger partial charge is 0.180 e. The second kappa shape index (κ2) is 5.63. The Balaban J connectivity index is 2.15. The summed E-state index contributed by atoms with van der Waals surface area (Å²) in [6.45, 7) is 6.10. The molecule has 1 fully saturated rings. The zero-order valence-electron chi connectivity index (χ0n) is 11.8. The van der Waals surface area contributed by atoms with Crippen molar-refractivity contribution in [1.82, 2.24) is 4.90 Å². The fraction of sp³-hybridized carbons (Fsp3) is 0.600. The standard InChI is InChI=1S/C15H23NO2S/c1-15(2,16-11-7-4-8-12-16)13-19(17,18)14-9-5-3-6-10-14/h3,5-6,9-10H,4,7-8,11-13H2,1-2H3. The first-order valence-corrected chi connectivity index (χ1v) is 8.60. The largest absolute Gasteiger partial charge is 0.297 e. The Morgan fingerprint density at radius 3 is 2.21 bits per heavy atom. The molecule has 0 saturated carbocycles. The van der Waals surface area contributed by atoms with Crippen LogP contribution in [0.15, 0.2) is 35.2 Å². The zero-order valence-corrected chi connectivity index (χ0v) is 12.6. The Morgan fingerprint density at radius 1 is 1.05 bits per heavy atom. The van der Waals surface area contributed by atoms with E-state index in [-0.39, 0.29) is 11.3 Å². The maximum atomic E-state index is 12.5. The summed E-state index contributed by atoms with van der Waals surface area (Å²) >= 11 is 0. The number of nitrogens with zero attached hydrogens (tertiary/aromatic N) is 1. The van der Waals surface area contributed by atoms with Gasteiger partial charge < -0.3 is 0 Å². The molecular weight excluding hydrogens is 258 g/mol. The van der Waals surface area contributed by atoms with E-state index in [4.69, 9.17) is 0 Å². The lowest BCUT2D eigenvalue weighted by Gasteiger charge is -2.40. The molecule has 1 saturated heterocycles. The van der Waals surface area contributed by atoms with Crippen LogP contribution in [0.2, 0.25) is 0 Å². The normalized spacial score (nSPS) is 18.4. The third-order valence-electron chi connectivity index (χ3n) is 3.86. The molecule has 0 bridgehead atoms. The van der Waals surface area contributed by atoms with Crippen LogP contribution in [0.4, 0.5) is 0 Å². The molecule has 1 aliphatic heterocycles. The zero-order chi connectivity index (χ0) is 13.9. The highest BCUT2D eigenvalue weighted by atomic mass is 32.2. The van der Waals surface area contributed by atoms with E-state index in [9.17, 15) is 8.42 Å². The first kappa shape index (κ1) is 14.5. The molecule has 2 rings (SSSR count). The van der Waals surface area contributed by atoms with Gasteiger partial charge in [-0.2, -0.15) is 0 Å². The average molecular weight is 281 g/mol. The van der Waals surface area contributed by atoms with E-state index in [1.165, 1.54) is 19.3 Å². The predicted octanol–water partition coefficient (Wildman–Crippen LogP) is 2.72. The second-order valence-corrected chi connectivity index (χ2v) is 7.92. The van der Waals surface area contributed by atoms with Crippen molar-refractivity contribution in [3.63, 3.8) is 0 Å². The van der Waals surface area contributed by atoms with Crippen LogP contribution >= 0.6 is 0 Å². The highest BCUT2D eigenvalue weighted by molar-refractivity contribution is 7.91. The number of likely N-dealkylation sites (tertiary alicyclic amines) is 1. The Morgan fingerprint density at radius 2 is 1.63 bits per heavy atom. The number of rotatable bonds is 4. The monoisotopic (exact) mass is 281 g/mol. The summed E-state index contributed by atoms with van der Waals surface area (Å²) in [5.74, 6) is 0.185. The van der Waals surface area contributed by atoms with Gasteiger partial charge in [-0.3, -0.25) is 4.90 Å². The van der Waals surface area contributed by atoms with Gasteiger partial charge in [0.1, 0.15) is 0 Å². The molecule has 0 aliphatic carbocycles. The van der Waals surface area contributed by atoms with Crippen molar-refractivity contribution < 1.29 is 8.42 Å². The summed E-state index contributed by atoms with van der Waals surface area (Å²) in [5.41, 5.74) is -0.297. The Kier molecular flexibility index (Phi) is 4.31. The van der Waals surface area contributed by atoms with Crippen LogP contribution in [0.3, 0.4) is 0 Å². The van der Waals surface area contributed by atoms with Crippen molar-refractivity contribution in [2.24, 2.45) is 0 Å². The third-order valence-corrected chi connectivity index (χ3v) is 5.93. The molecular formula is C15H23NO2S. The second-order valence-electron chi connectivity index (χ2n) is 5.93. The van der Waals surface area contributed by atoms with Crippen LogP contribution in [-0.2, 0) is 9.84 Å². The number of sulfone groups is 1. The molecule has 0 spiro atoms. The van der Waals surface area contributed by atoms with E-state index in [1.54, 1.807) is 24.3 Å².